The Bertz CT molecular complexity index is 2230. The molecule has 2 aliphatic rings. The molecule has 52 heavy (non-hydrogen) atoms. The van der Waals surface area contributed by atoms with Crippen LogP contribution in [0.2, 0.25) is 0 Å². The Balaban J connectivity index is 1.14. The fourth-order valence-corrected chi connectivity index (χ4v) is 7.98. The topological polar surface area (TPSA) is 9.86 Å². The highest BCUT2D eigenvalue weighted by molar-refractivity contribution is 6.21. The van der Waals surface area contributed by atoms with E-state index in [1.54, 1.807) is 0 Å². The average Bonchev–Trinajstić information content (AvgIpc) is 3.69. The molecule has 2 nitrogen and oxygen atoms in total. The summed E-state index contributed by atoms with van der Waals surface area (Å²) in [5.41, 5.74) is 14.5. The van der Waals surface area contributed by atoms with Crippen molar-refractivity contribution >= 4 is 68.3 Å². The number of nitrogens with zero attached hydrogens (tertiary/aromatic N) is 2. The first-order valence-electron chi connectivity index (χ1n) is 19.6. The van der Waals surface area contributed by atoms with E-state index in [2.05, 4.69) is 169 Å². The maximum atomic E-state index is 2.62. The predicted molar refractivity (Wildman–Crippen MR) is 228 cm³/mol. The molecule has 0 saturated carbocycles. The molecule has 2 aliphatic carbocycles. The predicted octanol–water partition coefficient (Wildman–Crippen LogP) is 14.2. The summed E-state index contributed by atoms with van der Waals surface area (Å²) in [6, 6.07) is 32.2. The van der Waals surface area contributed by atoms with E-state index in [1.165, 1.54) is 90.2 Å². The molecule has 0 bridgehead atoms. The number of rotatable bonds is 12. The molecule has 0 N–H and O–H groups in total. The second kappa shape index (κ2) is 15.5. The molecule has 4 aromatic carbocycles. The molecule has 0 unspecified atom stereocenters. The number of aryl methyl sites for hydroxylation is 2. The molecule has 0 aliphatic heterocycles. The molecule has 2 heterocycles. The van der Waals surface area contributed by atoms with Gasteiger partial charge in [-0.3, -0.25) is 0 Å². The van der Waals surface area contributed by atoms with Crippen molar-refractivity contribution in [1.29, 1.82) is 0 Å². The molecule has 2 heteroatoms. The van der Waals surface area contributed by atoms with E-state index >= 15 is 0 Å². The van der Waals surface area contributed by atoms with Gasteiger partial charge in [-0.1, -0.05) is 160 Å². The summed E-state index contributed by atoms with van der Waals surface area (Å²) in [4.78, 5) is 0. The number of benzene rings is 4. The number of allylic oxidation sites excluding steroid dienone is 8. The standard InChI is InChI=1S/C50H50N2/c1-3-5-33-51-47-35-39(19-17-37-21-27-43(28-22-37)41-13-9-7-10-14-41)25-31-45(47)49-46-32-26-40(36-48(46)52(50(49)51)34-6-4-2)20-18-38-23-29-44(30-24-38)42-15-11-8-12-16-42/h7-9,11,13,15,17-32,35-36H,3-6,10,12,14,16,33-34H2,1-2H3/b19-17+,20-18+. The number of aromatic nitrogens is 2. The van der Waals surface area contributed by atoms with Crippen molar-refractivity contribution in [2.24, 2.45) is 0 Å². The molecule has 0 fully saturated rings. The monoisotopic (exact) mass is 678 g/mol. The molecule has 0 saturated heterocycles. The average molecular weight is 679 g/mol. The summed E-state index contributed by atoms with van der Waals surface area (Å²) < 4.78 is 5.24. The van der Waals surface area contributed by atoms with E-state index in [-0.39, 0.29) is 0 Å². The third-order valence-electron chi connectivity index (χ3n) is 10.9. The molecular formula is C50H50N2. The van der Waals surface area contributed by atoms with Crippen LogP contribution in [-0.4, -0.2) is 9.13 Å². The van der Waals surface area contributed by atoms with Crippen molar-refractivity contribution in [3.8, 4) is 0 Å². The third-order valence-corrected chi connectivity index (χ3v) is 10.9. The van der Waals surface area contributed by atoms with Gasteiger partial charge in [-0.15, -0.1) is 0 Å². The Morgan fingerprint density at radius 3 is 1.35 bits per heavy atom. The van der Waals surface area contributed by atoms with Gasteiger partial charge in [0, 0.05) is 29.2 Å². The van der Waals surface area contributed by atoms with Gasteiger partial charge in [0.25, 0.3) is 0 Å². The first kappa shape index (κ1) is 33.8. The zero-order chi connectivity index (χ0) is 35.3. The Labute approximate surface area is 309 Å². The Kier molecular flexibility index (Phi) is 10.1. The van der Waals surface area contributed by atoms with Gasteiger partial charge >= 0.3 is 0 Å². The second-order valence-electron chi connectivity index (χ2n) is 14.5. The van der Waals surface area contributed by atoms with Crippen LogP contribution >= 0.6 is 0 Å². The van der Waals surface area contributed by atoms with Crippen LogP contribution in [0.3, 0.4) is 0 Å². The molecule has 0 atom stereocenters. The van der Waals surface area contributed by atoms with Gasteiger partial charge in [-0.25, -0.2) is 0 Å². The van der Waals surface area contributed by atoms with E-state index in [9.17, 15) is 0 Å². The van der Waals surface area contributed by atoms with Crippen LogP contribution in [0.5, 0.6) is 0 Å². The van der Waals surface area contributed by atoms with Crippen molar-refractivity contribution in [3.63, 3.8) is 0 Å². The lowest BCUT2D eigenvalue weighted by molar-refractivity contribution is 0.622. The van der Waals surface area contributed by atoms with E-state index in [0.29, 0.717) is 0 Å². The Morgan fingerprint density at radius 2 is 0.942 bits per heavy atom. The van der Waals surface area contributed by atoms with E-state index in [4.69, 9.17) is 0 Å². The van der Waals surface area contributed by atoms with Crippen LogP contribution in [0, 0.1) is 0 Å². The first-order chi connectivity index (χ1) is 25.7. The maximum absolute atomic E-state index is 2.62. The van der Waals surface area contributed by atoms with E-state index in [0.717, 1.165) is 51.6 Å². The highest BCUT2D eigenvalue weighted by Crippen LogP contribution is 2.39. The zero-order valence-corrected chi connectivity index (χ0v) is 30.8. The van der Waals surface area contributed by atoms with Crippen molar-refractivity contribution in [1.82, 2.24) is 9.13 Å². The van der Waals surface area contributed by atoms with Gasteiger partial charge in [-0.05, 0) is 95.2 Å². The van der Waals surface area contributed by atoms with Gasteiger partial charge in [0.05, 0.1) is 11.0 Å². The van der Waals surface area contributed by atoms with Crippen molar-refractivity contribution in [2.45, 2.75) is 78.3 Å². The summed E-state index contributed by atoms with van der Waals surface area (Å²) in [6.45, 7) is 6.64. The van der Waals surface area contributed by atoms with Crippen LogP contribution in [0.15, 0.2) is 121 Å². The lowest BCUT2D eigenvalue weighted by atomic mass is 9.96. The van der Waals surface area contributed by atoms with Crippen molar-refractivity contribution in [2.75, 3.05) is 0 Å². The minimum Gasteiger partial charge on any atom is -0.327 e. The zero-order valence-electron chi connectivity index (χ0n) is 30.8. The fraction of sp³-hybridized carbons (Fsp3) is 0.240. The molecule has 6 aromatic rings. The maximum Gasteiger partial charge on any atom is 0.122 e. The number of hydrogen-bond donors (Lipinski definition) is 0. The SMILES string of the molecule is CCCCn1c2cc(/C=C/c3ccc(C4=CC=CCC4)cc3)ccc2c2c3ccc(/C=C/c4ccc(C5=CC=CCC5)cc4)cc3n(CCCC)c21. The minimum absolute atomic E-state index is 1.02. The van der Waals surface area contributed by atoms with Crippen molar-refractivity contribution in [3.05, 3.63) is 155 Å². The number of unbranched alkanes of at least 4 members (excludes halogenated alkanes) is 2. The molecule has 2 aromatic heterocycles. The quantitative estimate of drug-likeness (QED) is 0.114. The Morgan fingerprint density at radius 1 is 0.519 bits per heavy atom. The summed E-state index contributed by atoms with van der Waals surface area (Å²) >= 11 is 0. The van der Waals surface area contributed by atoms with Crippen LogP contribution in [0.25, 0.3) is 68.3 Å². The molecule has 0 amide bonds. The normalized spacial score (nSPS) is 14.8. The minimum atomic E-state index is 1.02. The number of fused-ring (bicyclic) bond motifs is 5. The molecule has 260 valence electrons. The summed E-state index contributed by atoms with van der Waals surface area (Å²) in [7, 11) is 0. The van der Waals surface area contributed by atoms with Crippen molar-refractivity contribution < 1.29 is 0 Å². The highest BCUT2D eigenvalue weighted by Gasteiger charge is 2.20. The van der Waals surface area contributed by atoms with Crippen LogP contribution in [0.1, 0.15) is 98.6 Å². The van der Waals surface area contributed by atoms with E-state index < -0.39 is 0 Å². The molecule has 0 spiro atoms. The number of hydrogen-bond acceptors (Lipinski definition) is 0. The summed E-state index contributed by atoms with van der Waals surface area (Å²) in [5.74, 6) is 0. The van der Waals surface area contributed by atoms with Gasteiger partial charge < -0.3 is 9.13 Å². The third kappa shape index (κ3) is 6.95. The molecule has 8 rings (SSSR count). The van der Waals surface area contributed by atoms with Crippen LogP contribution in [-0.2, 0) is 13.1 Å². The van der Waals surface area contributed by atoms with Crippen LogP contribution in [0.4, 0.5) is 0 Å². The van der Waals surface area contributed by atoms with Gasteiger partial charge in [-0.2, -0.15) is 0 Å². The lowest BCUT2D eigenvalue weighted by Gasteiger charge is -2.12. The van der Waals surface area contributed by atoms with Gasteiger partial charge in [0.1, 0.15) is 5.65 Å². The summed E-state index contributed by atoms with van der Waals surface area (Å²) in [5, 5.41) is 4.11. The lowest BCUT2D eigenvalue weighted by Crippen LogP contribution is -2.05. The fourth-order valence-electron chi connectivity index (χ4n) is 7.98. The first-order valence-corrected chi connectivity index (χ1v) is 19.6. The highest BCUT2D eigenvalue weighted by atomic mass is 15.1. The van der Waals surface area contributed by atoms with Crippen LogP contribution < -0.4 is 0 Å². The second-order valence-corrected chi connectivity index (χ2v) is 14.5. The van der Waals surface area contributed by atoms with E-state index in [1.807, 2.05) is 0 Å². The van der Waals surface area contributed by atoms with Gasteiger partial charge in [0.15, 0.2) is 0 Å². The summed E-state index contributed by atoms with van der Waals surface area (Å²) in [6.07, 6.45) is 31.6. The Hall–Kier alpha value is -5.34. The molecular weight excluding hydrogens is 629 g/mol. The largest absolute Gasteiger partial charge is 0.327 e. The molecule has 0 radical (unpaired) electrons. The smallest absolute Gasteiger partial charge is 0.122 e. The van der Waals surface area contributed by atoms with Gasteiger partial charge in [0.2, 0.25) is 0 Å².